The molecule has 1 amide bonds. The van der Waals surface area contributed by atoms with Crippen LogP contribution < -0.4 is 5.32 Å². The van der Waals surface area contributed by atoms with Crippen molar-refractivity contribution in [2.75, 3.05) is 20.1 Å². The van der Waals surface area contributed by atoms with Crippen LogP contribution in [0.15, 0.2) is 69.2 Å². The van der Waals surface area contributed by atoms with Gasteiger partial charge in [-0.15, -0.1) is 0 Å². The number of benzene rings is 1. The van der Waals surface area contributed by atoms with Gasteiger partial charge in [-0.25, -0.2) is 17.2 Å². The van der Waals surface area contributed by atoms with Crippen LogP contribution in [0.2, 0.25) is 0 Å². The summed E-state index contributed by atoms with van der Waals surface area (Å²) in [5, 5.41) is 2.41. The van der Waals surface area contributed by atoms with Crippen LogP contribution in [0.25, 0.3) is 0 Å². The van der Waals surface area contributed by atoms with E-state index in [9.17, 15) is 35.2 Å². The monoisotopic (exact) mass is 543 g/mol. The molecule has 3 rings (SSSR count). The Hall–Kier alpha value is -3.52. The molecule has 8 nitrogen and oxygen atoms in total. The normalized spacial score (nSPS) is 19.6. The molecule has 0 spiro atoms. The first-order valence-electron chi connectivity index (χ1n) is 10.8. The van der Waals surface area contributed by atoms with E-state index in [-0.39, 0.29) is 41.4 Å². The van der Waals surface area contributed by atoms with Crippen LogP contribution >= 0.6 is 0 Å². The van der Waals surface area contributed by atoms with Crippen LogP contribution in [0, 0.1) is 5.82 Å². The molecule has 1 N–H and O–H groups in total. The lowest BCUT2D eigenvalue weighted by molar-refractivity contribution is -0.141. The number of hydrogen-bond acceptors (Lipinski definition) is 6. The number of nitrogens with zero attached hydrogens (tertiary/aromatic N) is 4. The quantitative estimate of drug-likeness (QED) is 0.408. The Kier molecular flexibility index (Phi) is 8.53. The van der Waals surface area contributed by atoms with Gasteiger partial charge in [-0.3, -0.25) is 19.8 Å². The first kappa shape index (κ1) is 28.1. The number of halogens is 5. The average Bonchev–Trinajstić information content (AvgIpc) is 3.26. The maximum atomic E-state index is 14.6. The number of carbonyl (C=O) groups excluding carboxylic acids is 1. The zero-order chi connectivity index (χ0) is 27.4. The maximum Gasteiger partial charge on any atom is 0.433 e. The number of sulfonamides is 1. The Labute approximate surface area is 209 Å². The molecule has 1 aromatic heterocycles. The van der Waals surface area contributed by atoms with E-state index in [4.69, 9.17) is 0 Å². The molecule has 0 unspecified atom stereocenters. The molecule has 198 valence electrons. The maximum absolute atomic E-state index is 14.6. The summed E-state index contributed by atoms with van der Waals surface area (Å²) < 4.78 is 92.7. The Morgan fingerprint density at radius 2 is 1.92 bits per heavy atom. The number of alkyl halides is 4. The van der Waals surface area contributed by atoms with Gasteiger partial charge in [0, 0.05) is 25.4 Å². The van der Waals surface area contributed by atoms with E-state index in [1.807, 2.05) is 0 Å². The van der Waals surface area contributed by atoms with Gasteiger partial charge in [-0.05, 0) is 55.6 Å². The molecule has 0 radical (unpaired) electrons. The summed E-state index contributed by atoms with van der Waals surface area (Å²) in [7, 11) is -2.91. The third kappa shape index (κ3) is 6.43. The van der Waals surface area contributed by atoms with E-state index in [1.54, 1.807) is 0 Å². The van der Waals surface area contributed by atoms with Crippen molar-refractivity contribution in [2.24, 2.45) is 9.98 Å². The van der Waals surface area contributed by atoms with E-state index >= 15 is 0 Å². The lowest BCUT2D eigenvalue weighted by Crippen LogP contribution is -2.49. The standard InChI is InChI=1S/C23H22F5N5O3S/c1-29-16(11-19(30-2)14-3-8-20(31-12-14)23(26,27)28)13-32-22(34)21-18(25)9-10-33(21)37(35,36)17-6-4-15(24)5-7-17/h3-8,11-12,18,21H,1,9-10,13H2,2H3,(H,32,34)/b16-11-,30-19?/t18-,21-/m0/s1. The molecule has 1 aliphatic heterocycles. The van der Waals surface area contributed by atoms with Crippen molar-refractivity contribution in [2.45, 2.75) is 29.7 Å². The Morgan fingerprint density at radius 1 is 1.24 bits per heavy atom. The minimum atomic E-state index is -4.61. The first-order valence-corrected chi connectivity index (χ1v) is 12.2. The Morgan fingerprint density at radius 3 is 2.46 bits per heavy atom. The number of allylic oxidation sites excluding steroid dienone is 1. The third-order valence-corrected chi connectivity index (χ3v) is 7.40. The third-order valence-electron chi connectivity index (χ3n) is 5.51. The van der Waals surface area contributed by atoms with Crippen molar-refractivity contribution in [3.63, 3.8) is 0 Å². The molecule has 14 heteroatoms. The largest absolute Gasteiger partial charge is 0.433 e. The second-order valence-corrected chi connectivity index (χ2v) is 9.76. The topological polar surface area (TPSA) is 104 Å². The molecule has 0 aliphatic carbocycles. The lowest BCUT2D eigenvalue weighted by Gasteiger charge is -2.24. The number of nitrogens with one attached hydrogen (secondary N) is 1. The van der Waals surface area contributed by atoms with Crippen molar-refractivity contribution in [3.8, 4) is 0 Å². The van der Waals surface area contributed by atoms with Gasteiger partial charge in [-0.2, -0.15) is 17.5 Å². The molecule has 1 fully saturated rings. The highest BCUT2D eigenvalue weighted by molar-refractivity contribution is 7.89. The number of aromatic nitrogens is 1. The van der Waals surface area contributed by atoms with E-state index in [2.05, 4.69) is 27.0 Å². The Balaban J connectivity index is 1.75. The SMILES string of the molecule is C=N/C(=C\C(=NC)c1ccc(C(F)(F)F)nc1)CNC(=O)[C@@H]1[C@@H](F)CCN1S(=O)(=O)c1ccc(F)cc1. The van der Waals surface area contributed by atoms with Gasteiger partial charge in [0.25, 0.3) is 0 Å². The van der Waals surface area contributed by atoms with Crippen LogP contribution in [0.4, 0.5) is 22.0 Å². The summed E-state index contributed by atoms with van der Waals surface area (Å²) in [6.45, 7) is 2.82. The number of hydrogen-bond donors (Lipinski definition) is 1. The van der Waals surface area contributed by atoms with Crippen molar-refractivity contribution >= 4 is 28.4 Å². The molecule has 2 atom stereocenters. The highest BCUT2D eigenvalue weighted by atomic mass is 32.2. The summed E-state index contributed by atoms with van der Waals surface area (Å²) in [5.41, 5.74) is -0.542. The average molecular weight is 544 g/mol. The van der Waals surface area contributed by atoms with Gasteiger partial charge in [-0.1, -0.05) is 0 Å². The van der Waals surface area contributed by atoms with Crippen LogP contribution in [0.1, 0.15) is 17.7 Å². The minimum absolute atomic E-state index is 0.121. The molecule has 1 aliphatic rings. The van der Waals surface area contributed by atoms with Crippen LogP contribution in [0.5, 0.6) is 0 Å². The highest BCUT2D eigenvalue weighted by Gasteiger charge is 2.46. The highest BCUT2D eigenvalue weighted by Crippen LogP contribution is 2.29. The second-order valence-electron chi connectivity index (χ2n) is 7.87. The van der Waals surface area contributed by atoms with E-state index in [0.717, 1.165) is 40.8 Å². The number of aliphatic imine (C=N–C) groups is 2. The predicted molar refractivity (Wildman–Crippen MR) is 126 cm³/mol. The summed E-state index contributed by atoms with van der Waals surface area (Å²) in [6.07, 6.45) is -4.29. The molecule has 37 heavy (non-hydrogen) atoms. The number of amides is 1. The number of rotatable bonds is 8. The molecule has 0 bridgehead atoms. The zero-order valence-electron chi connectivity index (χ0n) is 19.4. The summed E-state index contributed by atoms with van der Waals surface area (Å²) in [4.78, 5) is 23.6. The molecule has 2 aromatic rings. The molecule has 0 saturated carbocycles. The van der Waals surface area contributed by atoms with Crippen LogP contribution in [-0.2, 0) is 21.0 Å². The molecular weight excluding hydrogens is 521 g/mol. The van der Waals surface area contributed by atoms with Gasteiger partial charge in [0.05, 0.1) is 22.8 Å². The molecule has 1 aromatic carbocycles. The molecule has 1 saturated heterocycles. The smallest absolute Gasteiger partial charge is 0.349 e. The predicted octanol–water partition coefficient (Wildman–Crippen LogP) is 3.16. The van der Waals surface area contributed by atoms with Crippen molar-refractivity contribution in [1.82, 2.24) is 14.6 Å². The lowest BCUT2D eigenvalue weighted by atomic mass is 10.1. The van der Waals surface area contributed by atoms with Gasteiger partial charge >= 0.3 is 6.18 Å². The molecular formula is C23H22F5N5O3S. The summed E-state index contributed by atoms with van der Waals surface area (Å²) >= 11 is 0. The summed E-state index contributed by atoms with van der Waals surface area (Å²) in [5.74, 6) is -1.59. The fourth-order valence-electron chi connectivity index (χ4n) is 3.62. The van der Waals surface area contributed by atoms with Gasteiger partial charge in [0.15, 0.2) is 0 Å². The van der Waals surface area contributed by atoms with E-state index in [0.29, 0.717) is 0 Å². The number of carbonyl (C=O) groups is 1. The fraction of sp³-hybridized carbons (Fsp3) is 0.304. The number of pyridine rings is 1. The van der Waals surface area contributed by atoms with Gasteiger partial charge < -0.3 is 5.32 Å². The Bertz CT molecular complexity index is 1310. The van der Waals surface area contributed by atoms with Crippen molar-refractivity contribution in [1.29, 1.82) is 0 Å². The first-order chi connectivity index (χ1) is 17.4. The van der Waals surface area contributed by atoms with Gasteiger partial charge in [0.2, 0.25) is 15.9 Å². The minimum Gasteiger partial charge on any atom is -0.349 e. The fourth-order valence-corrected chi connectivity index (χ4v) is 5.24. The van der Waals surface area contributed by atoms with E-state index in [1.165, 1.54) is 19.2 Å². The van der Waals surface area contributed by atoms with Crippen LogP contribution in [-0.4, -0.2) is 68.4 Å². The second kappa shape index (κ2) is 11.3. The van der Waals surface area contributed by atoms with E-state index < -0.39 is 45.8 Å². The molecule has 2 heterocycles. The van der Waals surface area contributed by atoms with Gasteiger partial charge in [0.1, 0.15) is 23.7 Å². The zero-order valence-corrected chi connectivity index (χ0v) is 20.2. The summed E-state index contributed by atoms with van der Waals surface area (Å²) in [6, 6.07) is 4.21. The van der Waals surface area contributed by atoms with Crippen molar-refractivity contribution in [3.05, 3.63) is 71.4 Å². The van der Waals surface area contributed by atoms with Crippen LogP contribution in [0.3, 0.4) is 0 Å². The van der Waals surface area contributed by atoms with Crippen molar-refractivity contribution < 1.29 is 35.2 Å².